The topological polar surface area (TPSA) is 54.0 Å². The Labute approximate surface area is 156 Å². The Morgan fingerprint density at radius 1 is 1.04 bits per heavy atom. The lowest BCUT2D eigenvalue weighted by Gasteiger charge is -2.42. The van der Waals surface area contributed by atoms with Crippen molar-refractivity contribution >= 4 is 6.16 Å². The summed E-state index contributed by atoms with van der Waals surface area (Å²) in [7, 11) is 0. The molecule has 0 radical (unpaired) electrons. The molecule has 3 rings (SSSR count). The van der Waals surface area contributed by atoms with Crippen LogP contribution in [0.1, 0.15) is 57.4 Å². The Hall–Kier alpha value is -1.59. The van der Waals surface area contributed by atoms with E-state index >= 15 is 0 Å². The van der Waals surface area contributed by atoms with Crippen LogP contribution in [0.3, 0.4) is 0 Å². The van der Waals surface area contributed by atoms with Crippen LogP contribution in [-0.4, -0.2) is 37.4 Å². The van der Waals surface area contributed by atoms with Crippen LogP contribution in [0, 0.1) is 0 Å². The highest BCUT2D eigenvalue weighted by molar-refractivity contribution is 5.60. The van der Waals surface area contributed by atoms with Crippen LogP contribution >= 0.6 is 0 Å². The molecule has 1 spiro atoms. The van der Waals surface area contributed by atoms with Crippen LogP contribution in [0.25, 0.3) is 0 Å². The maximum Gasteiger partial charge on any atom is 0.508 e. The molecule has 1 saturated heterocycles. The average molecular weight is 362 g/mol. The van der Waals surface area contributed by atoms with Crippen LogP contribution in [0.5, 0.6) is 0 Å². The van der Waals surface area contributed by atoms with Crippen LogP contribution in [0.15, 0.2) is 30.3 Å². The molecule has 0 unspecified atom stereocenters. The lowest BCUT2D eigenvalue weighted by Crippen LogP contribution is -2.46. The Morgan fingerprint density at radius 2 is 1.73 bits per heavy atom. The lowest BCUT2D eigenvalue weighted by molar-refractivity contribution is -0.205. The molecule has 1 aromatic rings. The number of ether oxygens (including phenoxy) is 4. The van der Waals surface area contributed by atoms with Crippen molar-refractivity contribution in [3.05, 3.63) is 35.9 Å². The van der Waals surface area contributed by atoms with Gasteiger partial charge in [0.1, 0.15) is 5.60 Å². The van der Waals surface area contributed by atoms with Crippen LogP contribution in [0.4, 0.5) is 4.79 Å². The highest BCUT2D eigenvalue weighted by Crippen LogP contribution is 2.44. The first kappa shape index (κ1) is 19.2. The summed E-state index contributed by atoms with van der Waals surface area (Å²) in [5, 5.41) is 0. The lowest BCUT2D eigenvalue weighted by atomic mass is 9.78. The summed E-state index contributed by atoms with van der Waals surface area (Å²) in [6.45, 7) is 3.44. The molecule has 0 bridgehead atoms. The summed E-state index contributed by atoms with van der Waals surface area (Å²) < 4.78 is 22.5. The van der Waals surface area contributed by atoms with Crippen molar-refractivity contribution in [2.75, 3.05) is 19.8 Å². The zero-order valence-corrected chi connectivity index (χ0v) is 15.7. The molecular weight excluding hydrogens is 332 g/mol. The Balaban J connectivity index is 1.54. The second-order valence-electron chi connectivity index (χ2n) is 7.27. The summed E-state index contributed by atoms with van der Waals surface area (Å²) in [5.74, 6) is -0.453. The molecule has 0 N–H and O–H groups in total. The molecule has 5 nitrogen and oxygen atoms in total. The molecule has 1 saturated carbocycles. The van der Waals surface area contributed by atoms with Crippen molar-refractivity contribution in [2.45, 2.75) is 69.7 Å². The van der Waals surface area contributed by atoms with Crippen molar-refractivity contribution in [3.8, 4) is 0 Å². The van der Waals surface area contributed by atoms with Crippen molar-refractivity contribution < 1.29 is 23.7 Å². The van der Waals surface area contributed by atoms with Crippen LogP contribution < -0.4 is 0 Å². The Morgan fingerprint density at radius 3 is 2.38 bits per heavy atom. The minimum atomic E-state index is -0.556. The molecule has 1 aromatic carbocycles. The summed E-state index contributed by atoms with van der Waals surface area (Å²) in [4.78, 5) is 12.0. The first-order chi connectivity index (χ1) is 12.7. The standard InChI is InChI=1S/C21H30O5/c1-2-23-19(22)26-20(11-7-6-10-18-8-4-3-5-9-18)12-14-21(15-13-20)24-16-17-25-21/h3-5,8-9H,2,6-7,10-17H2,1H3. The molecule has 1 aliphatic carbocycles. The van der Waals surface area contributed by atoms with Gasteiger partial charge in [0.15, 0.2) is 5.79 Å². The smallest absolute Gasteiger partial charge is 0.435 e. The van der Waals surface area contributed by atoms with Gasteiger partial charge in [0.05, 0.1) is 19.8 Å². The van der Waals surface area contributed by atoms with E-state index in [9.17, 15) is 4.79 Å². The number of rotatable bonds is 7. The summed E-state index contributed by atoms with van der Waals surface area (Å²) in [5.41, 5.74) is 0.895. The first-order valence-electron chi connectivity index (χ1n) is 9.83. The first-order valence-corrected chi connectivity index (χ1v) is 9.83. The minimum absolute atomic E-state index is 0.332. The average Bonchev–Trinajstić information content (AvgIpc) is 3.11. The molecule has 0 atom stereocenters. The van der Waals surface area contributed by atoms with Gasteiger partial charge in [0.2, 0.25) is 0 Å². The zero-order valence-electron chi connectivity index (χ0n) is 15.7. The van der Waals surface area contributed by atoms with E-state index in [1.54, 1.807) is 6.92 Å². The highest BCUT2D eigenvalue weighted by Gasteiger charge is 2.48. The van der Waals surface area contributed by atoms with Crippen molar-refractivity contribution in [1.82, 2.24) is 0 Å². The van der Waals surface area contributed by atoms with E-state index in [4.69, 9.17) is 18.9 Å². The molecule has 26 heavy (non-hydrogen) atoms. The largest absolute Gasteiger partial charge is 0.508 e. The second kappa shape index (κ2) is 8.87. The molecular formula is C21H30O5. The predicted molar refractivity (Wildman–Crippen MR) is 97.9 cm³/mol. The van der Waals surface area contributed by atoms with E-state index in [2.05, 4.69) is 24.3 Å². The molecule has 2 fully saturated rings. The van der Waals surface area contributed by atoms with Gasteiger partial charge in [-0.05, 0) is 51.0 Å². The fourth-order valence-electron chi connectivity index (χ4n) is 4.02. The fourth-order valence-corrected chi connectivity index (χ4v) is 4.02. The SMILES string of the molecule is CCOC(=O)OC1(CCCCc2ccccc2)CCC2(CC1)OCCO2. The number of carbonyl (C=O) groups is 1. The van der Waals surface area contributed by atoms with Crippen LogP contribution in [-0.2, 0) is 25.4 Å². The van der Waals surface area contributed by atoms with Gasteiger partial charge in [-0.3, -0.25) is 0 Å². The number of hydrogen-bond acceptors (Lipinski definition) is 5. The molecule has 1 heterocycles. The third-order valence-electron chi connectivity index (χ3n) is 5.49. The van der Waals surface area contributed by atoms with Gasteiger partial charge in [0.25, 0.3) is 0 Å². The van der Waals surface area contributed by atoms with Gasteiger partial charge in [-0.15, -0.1) is 0 Å². The number of benzene rings is 1. The number of hydrogen-bond donors (Lipinski definition) is 0. The normalized spacial score (nSPS) is 20.8. The third-order valence-corrected chi connectivity index (χ3v) is 5.49. The third kappa shape index (κ3) is 4.98. The van der Waals surface area contributed by atoms with E-state index in [0.717, 1.165) is 51.4 Å². The van der Waals surface area contributed by atoms with Crippen LogP contribution in [0.2, 0.25) is 0 Å². The Bertz CT molecular complexity index is 555. The molecule has 1 aliphatic heterocycles. The summed E-state index contributed by atoms with van der Waals surface area (Å²) >= 11 is 0. The van der Waals surface area contributed by atoms with Crippen molar-refractivity contribution in [2.24, 2.45) is 0 Å². The molecule has 144 valence electrons. The number of aryl methyl sites for hydroxylation is 1. The summed E-state index contributed by atoms with van der Waals surface area (Å²) in [6, 6.07) is 10.5. The Kier molecular flexibility index (Phi) is 6.54. The second-order valence-corrected chi connectivity index (χ2v) is 7.27. The van der Waals surface area contributed by atoms with Gasteiger partial charge in [-0.25, -0.2) is 4.79 Å². The minimum Gasteiger partial charge on any atom is -0.435 e. The quantitative estimate of drug-likeness (QED) is 0.523. The van der Waals surface area contributed by atoms with Gasteiger partial charge >= 0.3 is 6.16 Å². The predicted octanol–water partition coefficient (Wildman–Crippen LogP) is 4.63. The monoisotopic (exact) mass is 362 g/mol. The maximum absolute atomic E-state index is 12.0. The molecule has 2 aliphatic rings. The van der Waals surface area contributed by atoms with Crippen molar-refractivity contribution in [3.63, 3.8) is 0 Å². The van der Waals surface area contributed by atoms with Gasteiger partial charge in [-0.2, -0.15) is 0 Å². The van der Waals surface area contributed by atoms with Gasteiger partial charge in [-0.1, -0.05) is 30.3 Å². The fraction of sp³-hybridized carbons (Fsp3) is 0.667. The maximum atomic E-state index is 12.0. The molecule has 0 aromatic heterocycles. The van der Waals surface area contributed by atoms with E-state index in [0.29, 0.717) is 19.8 Å². The number of carbonyl (C=O) groups excluding carboxylic acids is 1. The molecule has 5 heteroatoms. The van der Waals surface area contributed by atoms with Gasteiger partial charge < -0.3 is 18.9 Å². The summed E-state index contributed by atoms with van der Waals surface area (Å²) in [6.07, 6.45) is 6.50. The number of unbranched alkanes of at least 4 members (excludes halogenated alkanes) is 1. The zero-order chi connectivity index (χ0) is 18.3. The van der Waals surface area contributed by atoms with Crippen molar-refractivity contribution in [1.29, 1.82) is 0 Å². The van der Waals surface area contributed by atoms with E-state index in [1.807, 2.05) is 6.07 Å². The van der Waals surface area contributed by atoms with E-state index in [1.165, 1.54) is 5.56 Å². The van der Waals surface area contributed by atoms with E-state index < -0.39 is 17.5 Å². The van der Waals surface area contributed by atoms with E-state index in [-0.39, 0.29) is 0 Å². The molecule has 0 amide bonds. The highest BCUT2D eigenvalue weighted by atomic mass is 16.7. The van der Waals surface area contributed by atoms with Gasteiger partial charge in [0, 0.05) is 12.8 Å².